The molecule has 0 aliphatic carbocycles. The van der Waals surface area contributed by atoms with Gasteiger partial charge in [0.2, 0.25) is 0 Å². The van der Waals surface area contributed by atoms with Gasteiger partial charge in [0.15, 0.2) is 0 Å². The van der Waals surface area contributed by atoms with Gasteiger partial charge in [0.25, 0.3) is 0 Å². The second kappa shape index (κ2) is 8.04. The average Bonchev–Trinajstić information content (AvgIpc) is 3.01. The molecular weight excluding hydrogens is 328 g/mol. The molecule has 0 saturated carbocycles. The zero-order valence-electron chi connectivity index (χ0n) is 15.5. The molecule has 0 spiro atoms. The van der Waals surface area contributed by atoms with Crippen LogP contribution in [0.5, 0.6) is 5.75 Å². The maximum atomic E-state index is 11.7. The van der Waals surface area contributed by atoms with Gasteiger partial charge in [0.05, 0.1) is 19.2 Å². The molecule has 0 radical (unpaired) electrons. The highest BCUT2D eigenvalue weighted by atomic mass is 16.5. The zero-order valence-corrected chi connectivity index (χ0v) is 15.5. The van der Waals surface area contributed by atoms with E-state index in [1.807, 2.05) is 49.4 Å². The van der Waals surface area contributed by atoms with Gasteiger partial charge in [-0.05, 0) is 25.5 Å². The monoisotopic (exact) mass is 352 g/mol. The number of carbonyl (C=O) groups is 1. The summed E-state index contributed by atoms with van der Waals surface area (Å²) in [6, 6.07) is 13.9. The molecule has 3 aromatic rings. The van der Waals surface area contributed by atoms with Crippen LogP contribution in [0, 0.1) is 6.92 Å². The minimum Gasteiger partial charge on any atom is -0.493 e. The summed E-state index contributed by atoms with van der Waals surface area (Å²) in [5.74, 6) is 0.556. The number of carbonyl (C=O) groups excluding carboxylic acids is 1. The summed E-state index contributed by atoms with van der Waals surface area (Å²) in [6.45, 7) is 4.98. The summed E-state index contributed by atoms with van der Waals surface area (Å²) < 4.78 is 12.4. The van der Waals surface area contributed by atoms with E-state index in [9.17, 15) is 4.79 Å². The largest absolute Gasteiger partial charge is 0.493 e. The Labute approximate surface area is 153 Å². The number of hydrogen-bond acceptors (Lipinski definition) is 4. The van der Waals surface area contributed by atoms with E-state index in [1.54, 1.807) is 4.68 Å². The number of esters is 1. The number of methoxy groups -OCH3 is 1. The number of para-hydroxylation sites is 1. The molecule has 0 unspecified atom stereocenters. The van der Waals surface area contributed by atoms with Gasteiger partial charge in [0.1, 0.15) is 18.0 Å². The number of ether oxygens (including phenoxy) is 2. The van der Waals surface area contributed by atoms with Gasteiger partial charge in [-0.2, -0.15) is 5.10 Å². The Kier molecular flexibility index (Phi) is 5.56. The maximum absolute atomic E-state index is 11.7. The van der Waals surface area contributed by atoms with Crippen molar-refractivity contribution in [2.45, 2.75) is 33.2 Å². The molecule has 3 rings (SSSR count). The van der Waals surface area contributed by atoms with Crippen LogP contribution in [0.15, 0.2) is 42.5 Å². The maximum Gasteiger partial charge on any atom is 0.327 e. The van der Waals surface area contributed by atoms with Crippen molar-refractivity contribution < 1.29 is 14.3 Å². The molecule has 136 valence electrons. The molecule has 0 saturated heterocycles. The number of fused-ring (bicyclic) bond motifs is 1. The summed E-state index contributed by atoms with van der Waals surface area (Å²) in [5, 5.41) is 5.71. The van der Waals surface area contributed by atoms with Crippen LogP contribution in [0.3, 0.4) is 0 Å². The molecule has 26 heavy (non-hydrogen) atoms. The fourth-order valence-corrected chi connectivity index (χ4v) is 2.99. The minimum absolute atomic E-state index is 0.0861. The molecule has 5 nitrogen and oxygen atoms in total. The summed E-state index contributed by atoms with van der Waals surface area (Å²) >= 11 is 0. The first kappa shape index (κ1) is 18.0. The smallest absolute Gasteiger partial charge is 0.327 e. The molecule has 0 atom stereocenters. The molecule has 2 aromatic carbocycles. The van der Waals surface area contributed by atoms with Crippen molar-refractivity contribution in [2.75, 3.05) is 13.7 Å². The third-order valence-corrected chi connectivity index (χ3v) is 4.46. The highest BCUT2D eigenvalue weighted by Gasteiger charge is 2.17. The number of unbranched alkanes of at least 4 members (excludes halogenated alkanes) is 1. The Balaban J connectivity index is 2.05. The molecule has 0 amide bonds. The summed E-state index contributed by atoms with van der Waals surface area (Å²) in [6.07, 6.45) is 2.13. The lowest BCUT2D eigenvalue weighted by molar-refractivity contribution is -0.141. The second-order valence-corrected chi connectivity index (χ2v) is 6.23. The predicted molar refractivity (Wildman–Crippen MR) is 102 cm³/mol. The Morgan fingerprint density at radius 3 is 2.73 bits per heavy atom. The quantitative estimate of drug-likeness (QED) is 0.468. The first-order valence-electron chi connectivity index (χ1n) is 8.90. The van der Waals surface area contributed by atoms with Gasteiger partial charge in [-0.25, -0.2) is 0 Å². The topological polar surface area (TPSA) is 53.4 Å². The molecule has 1 heterocycles. The van der Waals surface area contributed by atoms with Crippen LogP contribution in [0.4, 0.5) is 0 Å². The second-order valence-electron chi connectivity index (χ2n) is 6.23. The molecular formula is C21H24N2O3. The SMILES string of the molecule is CCCCOc1cccc(-c2nn(CC(=O)OC)c3ccccc23)c1C. The lowest BCUT2D eigenvalue weighted by Gasteiger charge is -2.11. The lowest BCUT2D eigenvalue weighted by Crippen LogP contribution is -2.12. The standard InChI is InChI=1S/C21H24N2O3/c1-4-5-13-26-19-12-8-10-16(15(19)2)21-17-9-6-7-11-18(17)23(22-21)14-20(24)25-3/h6-12H,4-5,13-14H2,1-3H3. The fourth-order valence-electron chi connectivity index (χ4n) is 2.99. The van der Waals surface area contributed by atoms with Crippen LogP contribution < -0.4 is 4.74 Å². The number of aromatic nitrogens is 2. The summed E-state index contributed by atoms with van der Waals surface area (Å²) in [7, 11) is 1.39. The molecule has 0 aliphatic heterocycles. The van der Waals surface area contributed by atoms with Crippen molar-refractivity contribution in [1.29, 1.82) is 0 Å². The summed E-state index contributed by atoms with van der Waals surface area (Å²) in [5.41, 5.74) is 3.82. The minimum atomic E-state index is -0.321. The van der Waals surface area contributed by atoms with Crippen molar-refractivity contribution in [3.8, 4) is 17.0 Å². The Morgan fingerprint density at radius 2 is 1.96 bits per heavy atom. The van der Waals surface area contributed by atoms with Gasteiger partial charge in [-0.1, -0.05) is 43.7 Å². The van der Waals surface area contributed by atoms with E-state index >= 15 is 0 Å². The van der Waals surface area contributed by atoms with Crippen molar-refractivity contribution in [1.82, 2.24) is 9.78 Å². The fraction of sp³-hybridized carbons (Fsp3) is 0.333. The van der Waals surface area contributed by atoms with E-state index < -0.39 is 0 Å². The third kappa shape index (κ3) is 3.57. The Morgan fingerprint density at radius 1 is 1.15 bits per heavy atom. The molecule has 5 heteroatoms. The van der Waals surface area contributed by atoms with Crippen LogP contribution >= 0.6 is 0 Å². The van der Waals surface area contributed by atoms with Crippen molar-refractivity contribution in [2.24, 2.45) is 0 Å². The van der Waals surface area contributed by atoms with E-state index in [2.05, 4.69) is 6.92 Å². The molecule has 0 N–H and O–H groups in total. The Hall–Kier alpha value is -2.82. The first-order valence-corrected chi connectivity index (χ1v) is 8.90. The highest BCUT2D eigenvalue weighted by Crippen LogP contribution is 2.34. The van der Waals surface area contributed by atoms with E-state index in [0.717, 1.165) is 46.3 Å². The zero-order chi connectivity index (χ0) is 18.5. The van der Waals surface area contributed by atoms with Gasteiger partial charge in [-0.15, -0.1) is 0 Å². The third-order valence-electron chi connectivity index (χ3n) is 4.46. The number of nitrogens with zero attached hydrogens (tertiary/aromatic N) is 2. The lowest BCUT2D eigenvalue weighted by atomic mass is 10.0. The van der Waals surface area contributed by atoms with E-state index in [1.165, 1.54) is 7.11 Å². The van der Waals surface area contributed by atoms with Crippen LogP contribution in [0.1, 0.15) is 25.3 Å². The van der Waals surface area contributed by atoms with Gasteiger partial charge < -0.3 is 9.47 Å². The normalized spacial score (nSPS) is 10.9. The predicted octanol–water partition coefficient (Wildman–Crippen LogP) is 4.36. The summed E-state index contributed by atoms with van der Waals surface area (Å²) in [4.78, 5) is 11.7. The van der Waals surface area contributed by atoms with Crippen molar-refractivity contribution in [3.63, 3.8) is 0 Å². The van der Waals surface area contributed by atoms with E-state index in [0.29, 0.717) is 6.61 Å². The number of hydrogen-bond donors (Lipinski definition) is 0. The van der Waals surface area contributed by atoms with E-state index in [-0.39, 0.29) is 12.5 Å². The molecule has 0 bridgehead atoms. The van der Waals surface area contributed by atoms with Gasteiger partial charge in [-0.3, -0.25) is 9.48 Å². The molecule has 0 aliphatic rings. The van der Waals surface area contributed by atoms with E-state index in [4.69, 9.17) is 14.6 Å². The van der Waals surface area contributed by atoms with Crippen LogP contribution in [0.2, 0.25) is 0 Å². The van der Waals surface area contributed by atoms with Crippen molar-refractivity contribution >= 4 is 16.9 Å². The van der Waals surface area contributed by atoms with Crippen LogP contribution in [-0.2, 0) is 16.1 Å². The molecule has 1 aromatic heterocycles. The van der Waals surface area contributed by atoms with Crippen LogP contribution in [0.25, 0.3) is 22.2 Å². The van der Waals surface area contributed by atoms with Crippen molar-refractivity contribution in [3.05, 3.63) is 48.0 Å². The van der Waals surface area contributed by atoms with Gasteiger partial charge in [0, 0.05) is 16.5 Å². The van der Waals surface area contributed by atoms with Crippen LogP contribution in [-0.4, -0.2) is 29.5 Å². The average molecular weight is 352 g/mol. The van der Waals surface area contributed by atoms with Gasteiger partial charge >= 0.3 is 5.97 Å². The number of benzene rings is 2. The highest BCUT2D eigenvalue weighted by molar-refractivity contribution is 5.95. The molecule has 0 fully saturated rings. The first-order chi connectivity index (χ1) is 12.7. The Bertz CT molecular complexity index is 915. The number of rotatable bonds is 7.